The van der Waals surface area contributed by atoms with E-state index in [9.17, 15) is 19.2 Å². The van der Waals surface area contributed by atoms with Crippen LogP contribution in [0.2, 0.25) is 0 Å². The number of nitrogens with one attached hydrogen (secondary N) is 4. The molecule has 3 aromatic carbocycles. The second-order valence-electron chi connectivity index (χ2n) is 15.5. The lowest BCUT2D eigenvalue weighted by Crippen LogP contribution is -2.37. The number of carbonyl (C=O) groups is 4. The van der Waals surface area contributed by atoms with Crippen molar-refractivity contribution in [3.8, 4) is 0 Å². The summed E-state index contributed by atoms with van der Waals surface area (Å²) in [5.74, 6) is -0.263. The van der Waals surface area contributed by atoms with Gasteiger partial charge in [-0.25, -0.2) is 0 Å². The van der Waals surface area contributed by atoms with Crippen molar-refractivity contribution in [2.45, 2.75) is 88.5 Å². The Kier molecular flexibility index (Phi) is 16.1. The summed E-state index contributed by atoms with van der Waals surface area (Å²) in [7, 11) is 0. The van der Waals surface area contributed by atoms with E-state index in [0.29, 0.717) is 63.6 Å². The average Bonchev–Trinajstić information content (AvgIpc) is 3.09. The third-order valence-corrected chi connectivity index (χ3v) is 10.6. The molecule has 0 saturated carbocycles. The molecule has 0 aliphatic rings. The fourth-order valence-corrected chi connectivity index (χ4v) is 7.07. The van der Waals surface area contributed by atoms with Crippen molar-refractivity contribution < 1.29 is 19.2 Å². The van der Waals surface area contributed by atoms with Crippen LogP contribution in [-0.4, -0.2) is 60.8 Å². The van der Waals surface area contributed by atoms with Gasteiger partial charge in [-0.1, -0.05) is 61.5 Å². The summed E-state index contributed by atoms with van der Waals surface area (Å²) in [5, 5.41) is 12.0. The summed E-state index contributed by atoms with van der Waals surface area (Å²) in [4.78, 5) is 54.7. The first-order chi connectivity index (χ1) is 25.3. The van der Waals surface area contributed by atoms with Crippen LogP contribution in [0.15, 0.2) is 58.3 Å². The molecule has 3 aromatic rings. The van der Waals surface area contributed by atoms with Gasteiger partial charge in [-0.05, 0) is 76.8 Å². The van der Waals surface area contributed by atoms with Crippen LogP contribution in [0.25, 0.3) is 0 Å². The highest BCUT2D eigenvalue weighted by Crippen LogP contribution is 2.41. The van der Waals surface area contributed by atoms with E-state index in [2.05, 4.69) is 21.3 Å². The summed E-state index contributed by atoms with van der Waals surface area (Å²) >= 11 is 2.83. The second kappa shape index (κ2) is 19.6. The van der Waals surface area contributed by atoms with Gasteiger partial charge in [0.05, 0.1) is 45.1 Å². The molecular formula is C40H58N8O4S2. The molecule has 0 fully saturated rings. The minimum Gasteiger partial charge on any atom is -0.330 e. The standard InChI is InChI=1S/C40H58N8O4S2/c1-23(2)16-28(44)38(52)48-32-21-27(40(6,7)8)20-31(35(32)54-15-13-42)47-37(51)25-11-9-10-24(17-25)36(50)46-30-19-26(39(3,4)5)18-29(45-33(49)22-43)34(30)53-14-12-41/h9-11,17-21,23,28H,12-16,22,41-44H2,1-8H3,(H,45,49)(H,46,50)(H,47,51)(H,48,52). The van der Waals surface area contributed by atoms with E-state index in [-0.39, 0.29) is 46.2 Å². The number of hydrogen-bond acceptors (Lipinski definition) is 10. The third-order valence-electron chi connectivity index (χ3n) is 8.30. The maximum atomic E-state index is 14.0. The van der Waals surface area contributed by atoms with Crippen LogP contribution in [0.3, 0.4) is 0 Å². The molecule has 0 aromatic heterocycles. The molecule has 1 atom stereocenters. The van der Waals surface area contributed by atoms with Gasteiger partial charge >= 0.3 is 0 Å². The highest BCUT2D eigenvalue weighted by atomic mass is 32.2. The highest BCUT2D eigenvalue weighted by Gasteiger charge is 2.25. The number of benzene rings is 3. The smallest absolute Gasteiger partial charge is 0.255 e. The average molecular weight is 779 g/mol. The molecule has 12 nitrogen and oxygen atoms in total. The zero-order valence-electron chi connectivity index (χ0n) is 32.8. The molecule has 0 radical (unpaired) electrons. The van der Waals surface area contributed by atoms with Crippen LogP contribution in [0.4, 0.5) is 22.7 Å². The number of rotatable bonds is 16. The monoisotopic (exact) mass is 778 g/mol. The molecule has 0 saturated heterocycles. The molecule has 294 valence electrons. The van der Waals surface area contributed by atoms with E-state index in [1.165, 1.54) is 29.6 Å². The van der Waals surface area contributed by atoms with Crippen LogP contribution in [-0.2, 0) is 20.4 Å². The van der Waals surface area contributed by atoms with Gasteiger partial charge in [0.2, 0.25) is 11.8 Å². The molecule has 14 heteroatoms. The Morgan fingerprint density at radius 2 is 1.06 bits per heavy atom. The SMILES string of the molecule is CC(C)CC(N)C(=O)Nc1cc(C(C)(C)C)cc(NC(=O)c2cccc(C(=O)Nc3cc(C(C)(C)C)cc(NC(=O)CN)c3SCCN)c2)c1SCCN. The van der Waals surface area contributed by atoms with E-state index in [0.717, 1.165) is 11.1 Å². The third kappa shape index (κ3) is 12.6. The molecule has 0 bridgehead atoms. The normalized spacial score (nSPS) is 12.3. The van der Waals surface area contributed by atoms with Crippen LogP contribution in [0.1, 0.15) is 93.7 Å². The molecule has 0 heterocycles. The zero-order valence-corrected chi connectivity index (χ0v) is 34.4. The van der Waals surface area contributed by atoms with Crippen molar-refractivity contribution >= 4 is 69.9 Å². The number of nitrogens with two attached hydrogens (primary N) is 4. The Morgan fingerprint density at radius 3 is 1.43 bits per heavy atom. The van der Waals surface area contributed by atoms with Gasteiger partial charge in [0.1, 0.15) is 0 Å². The Labute approximate surface area is 328 Å². The fourth-order valence-electron chi connectivity index (χ4n) is 5.36. The summed E-state index contributed by atoms with van der Waals surface area (Å²) < 4.78 is 0. The van der Waals surface area contributed by atoms with Gasteiger partial charge in [-0.3, -0.25) is 19.2 Å². The van der Waals surface area contributed by atoms with E-state index in [4.69, 9.17) is 22.9 Å². The quantitative estimate of drug-likeness (QED) is 0.0782. The van der Waals surface area contributed by atoms with Crippen molar-refractivity contribution in [2.75, 3.05) is 52.4 Å². The van der Waals surface area contributed by atoms with E-state index >= 15 is 0 Å². The number of hydrogen-bond donors (Lipinski definition) is 8. The van der Waals surface area contributed by atoms with Crippen LogP contribution in [0.5, 0.6) is 0 Å². The maximum absolute atomic E-state index is 14.0. The largest absolute Gasteiger partial charge is 0.330 e. The van der Waals surface area contributed by atoms with Gasteiger partial charge in [0.15, 0.2) is 0 Å². The van der Waals surface area contributed by atoms with Crippen molar-refractivity contribution in [1.82, 2.24) is 0 Å². The summed E-state index contributed by atoms with van der Waals surface area (Å²) in [6.07, 6.45) is 0.519. The lowest BCUT2D eigenvalue weighted by Gasteiger charge is -2.25. The van der Waals surface area contributed by atoms with Gasteiger partial charge < -0.3 is 44.2 Å². The fraction of sp³-hybridized carbons (Fsp3) is 0.450. The zero-order chi connectivity index (χ0) is 40.4. The highest BCUT2D eigenvalue weighted by molar-refractivity contribution is 7.99. The van der Waals surface area contributed by atoms with Gasteiger partial charge in [-0.15, -0.1) is 23.5 Å². The van der Waals surface area contributed by atoms with Gasteiger partial charge in [-0.2, -0.15) is 0 Å². The van der Waals surface area contributed by atoms with Crippen LogP contribution in [0, 0.1) is 5.92 Å². The lowest BCUT2D eigenvalue weighted by molar-refractivity contribution is -0.117. The predicted octanol–water partition coefficient (Wildman–Crippen LogP) is 6.10. The molecule has 1 unspecified atom stereocenters. The predicted molar refractivity (Wildman–Crippen MR) is 226 cm³/mol. The van der Waals surface area contributed by atoms with Crippen molar-refractivity contribution in [3.63, 3.8) is 0 Å². The molecule has 12 N–H and O–H groups in total. The molecular weight excluding hydrogens is 721 g/mol. The summed E-state index contributed by atoms with van der Waals surface area (Å²) in [5.41, 5.74) is 27.3. The minimum absolute atomic E-state index is 0.201. The lowest BCUT2D eigenvalue weighted by atomic mass is 9.86. The first-order valence-electron chi connectivity index (χ1n) is 18.1. The van der Waals surface area contributed by atoms with Gasteiger partial charge in [0, 0.05) is 35.7 Å². The van der Waals surface area contributed by atoms with Crippen molar-refractivity contribution in [1.29, 1.82) is 0 Å². The Bertz CT molecular complexity index is 1820. The number of thioether (sulfide) groups is 2. The van der Waals surface area contributed by atoms with E-state index in [1.807, 2.05) is 79.7 Å². The van der Waals surface area contributed by atoms with E-state index in [1.54, 1.807) is 18.2 Å². The first-order valence-corrected chi connectivity index (χ1v) is 20.1. The Hall–Kier alpha value is -3.92. The van der Waals surface area contributed by atoms with Crippen LogP contribution >= 0.6 is 23.5 Å². The topological polar surface area (TPSA) is 220 Å². The Balaban J connectivity index is 2.04. The molecule has 0 aliphatic carbocycles. The van der Waals surface area contributed by atoms with E-state index < -0.39 is 17.9 Å². The Morgan fingerprint density at radius 1 is 0.648 bits per heavy atom. The molecule has 0 aliphatic heterocycles. The molecule has 54 heavy (non-hydrogen) atoms. The second-order valence-corrected chi connectivity index (χ2v) is 17.8. The first kappa shape index (κ1) is 44.5. The van der Waals surface area contributed by atoms with Crippen molar-refractivity contribution in [2.24, 2.45) is 28.9 Å². The summed E-state index contributed by atoms with van der Waals surface area (Å²) in [6, 6.07) is 13.3. The summed E-state index contributed by atoms with van der Waals surface area (Å²) in [6.45, 7) is 16.8. The number of anilines is 4. The van der Waals surface area contributed by atoms with Crippen LogP contribution < -0.4 is 44.2 Å². The molecule has 0 spiro atoms. The maximum Gasteiger partial charge on any atom is 0.255 e. The van der Waals surface area contributed by atoms with Crippen molar-refractivity contribution in [3.05, 3.63) is 70.8 Å². The molecule has 4 amide bonds. The number of amides is 4. The molecule has 3 rings (SSSR count). The number of carbonyl (C=O) groups excluding carboxylic acids is 4. The minimum atomic E-state index is -0.704. The van der Waals surface area contributed by atoms with Gasteiger partial charge in [0.25, 0.3) is 11.8 Å².